The minimum absolute atomic E-state index is 0.110. The summed E-state index contributed by atoms with van der Waals surface area (Å²) in [6, 6.07) is 0. The van der Waals surface area contributed by atoms with Crippen molar-refractivity contribution in [2.75, 3.05) is 25.3 Å². The molecule has 1 aliphatic rings. The van der Waals surface area contributed by atoms with Gasteiger partial charge in [-0.25, -0.2) is 13.6 Å². The average molecular weight is 429 g/mol. The maximum atomic E-state index is 13.9. The molecule has 0 bridgehead atoms. The lowest BCUT2D eigenvalue weighted by Crippen LogP contribution is -2.31. The Morgan fingerprint density at radius 3 is 2.46 bits per heavy atom. The van der Waals surface area contributed by atoms with Gasteiger partial charge in [0.05, 0.1) is 18.8 Å². The molecule has 28 heavy (non-hydrogen) atoms. The summed E-state index contributed by atoms with van der Waals surface area (Å²) in [5.41, 5.74) is 9.27. The second kappa shape index (κ2) is 16.2. The SMILES string of the molecule is CC.CCC.CCl.NCC(=O)OCC1CC(F)C(n2cc(F)c(N)nc2=O)O1. The Labute approximate surface area is 169 Å². The van der Waals surface area contributed by atoms with Gasteiger partial charge in [0.15, 0.2) is 17.9 Å². The Hall–Kier alpha value is -1.78. The first-order valence-electron chi connectivity index (χ1n) is 8.91. The molecule has 11 heteroatoms. The molecular weight excluding hydrogens is 398 g/mol. The van der Waals surface area contributed by atoms with Gasteiger partial charge in [0.1, 0.15) is 12.8 Å². The van der Waals surface area contributed by atoms with Crippen LogP contribution in [0, 0.1) is 5.82 Å². The van der Waals surface area contributed by atoms with E-state index in [2.05, 4.69) is 30.4 Å². The van der Waals surface area contributed by atoms with Crippen molar-refractivity contribution in [3.8, 4) is 0 Å². The molecule has 8 nitrogen and oxygen atoms in total. The van der Waals surface area contributed by atoms with Crippen molar-refractivity contribution in [2.24, 2.45) is 5.73 Å². The van der Waals surface area contributed by atoms with Gasteiger partial charge in [-0.3, -0.25) is 9.36 Å². The van der Waals surface area contributed by atoms with Gasteiger partial charge in [-0.1, -0.05) is 34.1 Å². The lowest BCUT2D eigenvalue weighted by atomic mass is 10.2. The molecule has 2 rings (SSSR count). The van der Waals surface area contributed by atoms with Crippen molar-refractivity contribution in [2.45, 2.75) is 59.0 Å². The van der Waals surface area contributed by atoms with Gasteiger partial charge < -0.3 is 20.9 Å². The topological polar surface area (TPSA) is 122 Å². The zero-order valence-electron chi connectivity index (χ0n) is 17.0. The van der Waals surface area contributed by atoms with E-state index in [1.807, 2.05) is 13.8 Å². The maximum absolute atomic E-state index is 13.9. The van der Waals surface area contributed by atoms with Crippen molar-refractivity contribution in [1.29, 1.82) is 0 Å². The summed E-state index contributed by atoms with van der Waals surface area (Å²) >= 11 is 4.64. The molecule has 0 aliphatic carbocycles. The summed E-state index contributed by atoms with van der Waals surface area (Å²) in [5, 5.41) is 0. The predicted octanol–water partition coefficient (Wildman–Crippen LogP) is 2.39. The Kier molecular flexibility index (Phi) is 16.4. The molecule has 0 aromatic carbocycles. The minimum Gasteiger partial charge on any atom is -0.462 e. The molecule has 0 saturated carbocycles. The molecule has 3 unspecified atom stereocenters. The number of nitrogens with zero attached hydrogens (tertiary/aromatic N) is 2. The molecule has 0 amide bonds. The third kappa shape index (κ3) is 9.43. The first-order valence-corrected chi connectivity index (χ1v) is 9.66. The van der Waals surface area contributed by atoms with Crippen LogP contribution in [0.2, 0.25) is 0 Å². The number of hydrogen-bond acceptors (Lipinski definition) is 7. The van der Waals surface area contributed by atoms with Crippen LogP contribution >= 0.6 is 11.6 Å². The number of nitrogens with two attached hydrogens (primary N) is 2. The van der Waals surface area contributed by atoms with Crippen LogP contribution in [-0.2, 0) is 14.3 Å². The van der Waals surface area contributed by atoms with Crippen LogP contribution in [0.5, 0.6) is 0 Å². The number of esters is 1. The average Bonchev–Trinajstić information content (AvgIpc) is 3.07. The van der Waals surface area contributed by atoms with Crippen LogP contribution in [-0.4, -0.2) is 47.3 Å². The van der Waals surface area contributed by atoms with Gasteiger partial charge in [0, 0.05) is 12.8 Å². The molecule has 1 aromatic rings. The van der Waals surface area contributed by atoms with E-state index < -0.39 is 41.8 Å². The highest BCUT2D eigenvalue weighted by molar-refractivity contribution is 6.15. The summed E-state index contributed by atoms with van der Waals surface area (Å²) in [4.78, 5) is 25.7. The van der Waals surface area contributed by atoms with Gasteiger partial charge in [0.25, 0.3) is 0 Å². The fraction of sp³-hybridized carbons (Fsp3) is 0.706. The second-order valence-corrected chi connectivity index (χ2v) is 5.16. The zero-order chi connectivity index (χ0) is 22.3. The number of rotatable bonds is 4. The largest absolute Gasteiger partial charge is 0.462 e. The number of halogens is 3. The van der Waals surface area contributed by atoms with E-state index in [1.54, 1.807) is 0 Å². The minimum atomic E-state index is -1.57. The fourth-order valence-corrected chi connectivity index (χ4v) is 1.94. The van der Waals surface area contributed by atoms with Gasteiger partial charge in [-0.05, 0) is 0 Å². The van der Waals surface area contributed by atoms with Crippen molar-refractivity contribution in [3.63, 3.8) is 0 Å². The maximum Gasteiger partial charge on any atom is 0.351 e. The Bertz CT molecular complexity index is 619. The number of ether oxygens (including phenoxy) is 2. The van der Waals surface area contributed by atoms with E-state index in [-0.39, 0.29) is 19.6 Å². The first kappa shape index (κ1) is 28.4. The van der Waals surface area contributed by atoms with Crippen LogP contribution in [0.1, 0.15) is 46.8 Å². The molecular formula is C17H31ClF2N4O4. The molecule has 1 fully saturated rings. The molecule has 3 atom stereocenters. The first-order chi connectivity index (χ1) is 13.3. The van der Waals surface area contributed by atoms with Crippen molar-refractivity contribution in [1.82, 2.24) is 9.55 Å². The quantitative estimate of drug-likeness (QED) is 0.557. The second-order valence-electron chi connectivity index (χ2n) is 5.16. The van der Waals surface area contributed by atoms with Gasteiger partial charge in [-0.2, -0.15) is 4.98 Å². The number of anilines is 1. The Balaban J connectivity index is 0. The predicted molar refractivity (Wildman–Crippen MR) is 105 cm³/mol. The highest BCUT2D eigenvalue weighted by atomic mass is 35.5. The number of nitrogen functional groups attached to an aromatic ring is 1. The summed E-state index contributed by atoms with van der Waals surface area (Å²) in [7, 11) is 0. The number of hydrogen-bond donors (Lipinski definition) is 2. The molecule has 1 saturated heterocycles. The highest BCUT2D eigenvalue weighted by Crippen LogP contribution is 2.30. The smallest absolute Gasteiger partial charge is 0.351 e. The summed E-state index contributed by atoms with van der Waals surface area (Å²) in [6.07, 6.45) is -0.333. The van der Waals surface area contributed by atoms with E-state index in [0.717, 1.165) is 6.20 Å². The number of aromatic nitrogens is 2. The monoisotopic (exact) mass is 428 g/mol. The third-order valence-electron chi connectivity index (χ3n) is 2.93. The molecule has 4 N–H and O–H groups in total. The molecule has 2 heterocycles. The van der Waals surface area contributed by atoms with Crippen molar-refractivity contribution in [3.05, 3.63) is 22.5 Å². The summed E-state index contributed by atoms with van der Waals surface area (Å²) < 4.78 is 37.9. The van der Waals surface area contributed by atoms with Crippen molar-refractivity contribution < 1.29 is 23.0 Å². The molecule has 0 radical (unpaired) electrons. The molecule has 164 valence electrons. The molecule has 1 aliphatic heterocycles. The van der Waals surface area contributed by atoms with Crippen molar-refractivity contribution >= 4 is 23.4 Å². The normalized spacial score (nSPS) is 19.8. The summed E-state index contributed by atoms with van der Waals surface area (Å²) in [5.74, 6) is -2.18. The molecule has 0 spiro atoms. The Morgan fingerprint density at radius 2 is 1.96 bits per heavy atom. The lowest BCUT2D eigenvalue weighted by molar-refractivity contribution is -0.146. The third-order valence-corrected chi connectivity index (χ3v) is 2.93. The lowest BCUT2D eigenvalue weighted by Gasteiger charge is -2.16. The number of alkyl halides is 2. The fourth-order valence-electron chi connectivity index (χ4n) is 1.94. The number of carbonyl (C=O) groups excluding carboxylic acids is 1. The summed E-state index contributed by atoms with van der Waals surface area (Å²) in [6.45, 7) is 7.74. The van der Waals surface area contributed by atoms with E-state index in [4.69, 9.17) is 20.9 Å². The molecule has 1 aromatic heterocycles. The van der Waals surface area contributed by atoms with Gasteiger partial charge in [0.2, 0.25) is 0 Å². The van der Waals surface area contributed by atoms with Crippen LogP contribution in [0.15, 0.2) is 11.0 Å². The van der Waals surface area contributed by atoms with E-state index in [9.17, 15) is 18.4 Å². The van der Waals surface area contributed by atoms with E-state index >= 15 is 0 Å². The van der Waals surface area contributed by atoms with Gasteiger partial charge in [-0.15, -0.1) is 11.6 Å². The van der Waals surface area contributed by atoms with Crippen LogP contribution in [0.25, 0.3) is 0 Å². The number of carbonyl (C=O) groups is 1. The highest BCUT2D eigenvalue weighted by Gasteiger charge is 2.38. The zero-order valence-corrected chi connectivity index (χ0v) is 17.7. The van der Waals surface area contributed by atoms with E-state index in [1.165, 1.54) is 12.8 Å². The van der Waals surface area contributed by atoms with Crippen LogP contribution in [0.4, 0.5) is 14.6 Å². The Morgan fingerprint density at radius 1 is 1.43 bits per heavy atom. The van der Waals surface area contributed by atoms with Crippen LogP contribution in [0.3, 0.4) is 0 Å². The van der Waals surface area contributed by atoms with E-state index in [0.29, 0.717) is 4.57 Å². The standard InChI is InChI=1S/C11H14F2N4O4.C3H8.C2H6.CH3Cl/c12-6-1-5(4-20-8(18)2-14)21-10(6)17-3-7(13)9(15)16-11(17)19;1-3-2;2*1-2/h3,5-6,10H,1-2,4,14H2,(H2,15,16,19);3H2,1-2H3;1-2H3;1H3. The van der Waals surface area contributed by atoms with Gasteiger partial charge >= 0.3 is 11.7 Å². The van der Waals surface area contributed by atoms with Crippen LogP contribution < -0.4 is 17.2 Å².